The molecule has 31 heavy (non-hydrogen) atoms. The van der Waals surface area contributed by atoms with Crippen LogP contribution < -0.4 is 10.6 Å². The van der Waals surface area contributed by atoms with Crippen LogP contribution in [0.4, 0.5) is 11.4 Å². The lowest BCUT2D eigenvalue weighted by atomic mass is 10.1. The number of aromatic nitrogens is 2. The van der Waals surface area contributed by atoms with E-state index in [0.29, 0.717) is 0 Å². The Morgan fingerprint density at radius 2 is 1.55 bits per heavy atom. The van der Waals surface area contributed by atoms with Crippen LogP contribution in [0, 0.1) is 6.92 Å². The Bertz CT molecular complexity index is 1060. The summed E-state index contributed by atoms with van der Waals surface area (Å²) >= 11 is 1.29. The second-order valence-electron chi connectivity index (χ2n) is 7.71. The molecule has 160 valence electrons. The zero-order valence-corrected chi connectivity index (χ0v) is 18.4. The number of fused-ring (bicyclic) bond motifs is 1. The molecule has 2 N–H and O–H groups in total. The maximum atomic E-state index is 12.2. The predicted octanol–water partition coefficient (Wildman–Crippen LogP) is 4.51. The summed E-state index contributed by atoms with van der Waals surface area (Å²) in [5, 5.41) is 5.72. The first kappa shape index (κ1) is 21.2. The van der Waals surface area contributed by atoms with E-state index in [-0.39, 0.29) is 23.3 Å². The lowest BCUT2D eigenvalue weighted by molar-refractivity contribution is -0.114. The molecule has 2 aromatic carbocycles. The van der Waals surface area contributed by atoms with Crippen LogP contribution in [-0.4, -0.2) is 32.9 Å². The fourth-order valence-electron chi connectivity index (χ4n) is 3.64. The minimum absolute atomic E-state index is 0.117. The summed E-state index contributed by atoms with van der Waals surface area (Å²) in [5.41, 5.74) is 4.99. The van der Waals surface area contributed by atoms with E-state index in [2.05, 4.69) is 20.2 Å². The third kappa shape index (κ3) is 5.55. The van der Waals surface area contributed by atoms with Crippen molar-refractivity contribution in [2.24, 2.45) is 0 Å². The van der Waals surface area contributed by atoms with E-state index in [0.717, 1.165) is 41.3 Å². The molecule has 0 atom stereocenters. The monoisotopic (exact) mass is 434 g/mol. The summed E-state index contributed by atoms with van der Waals surface area (Å²) in [5.74, 6) is 1.19. The average molecular weight is 435 g/mol. The maximum absolute atomic E-state index is 12.2. The number of anilines is 2. The van der Waals surface area contributed by atoms with Crippen LogP contribution in [0.15, 0.2) is 54.7 Å². The number of nitrogens with zero attached hydrogens (tertiary/aromatic N) is 2. The molecule has 0 unspecified atom stereocenters. The highest BCUT2D eigenvalue weighted by atomic mass is 32.2. The number of hydrogen-bond donors (Lipinski definition) is 2. The van der Waals surface area contributed by atoms with Crippen LogP contribution in [0.1, 0.15) is 24.1 Å². The smallest absolute Gasteiger partial charge is 0.234 e. The van der Waals surface area contributed by atoms with Gasteiger partial charge in [-0.1, -0.05) is 17.7 Å². The van der Waals surface area contributed by atoms with Crippen molar-refractivity contribution in [1.82, 2.24) is 9.55 Å². The van der Waals surface area contributed by atoms with Crippen molar-refractivity contribution in [2.75, 3.05) is 22.1 Å². The molecule has 0 spiro atoms. The molecule has 2 heterocycles. The zero-order valence-electron chi connectivity index (χ0n) is 17.6. The highest BCUT2D eigenvalue weighted by Gasteiger charge is 2.15. The van der Waals surface area contributed by atoms with Gasteiger partial charge in [0, 0.05) is 35.4 Å². The van der Waals surface area contributed by atoms with E-state index in [1.807, 2.05) is 61.7 Å². The second-order valence-corrected chi connectivity index (χ2v) is 8.70. The van der Waals surface area contributed by atoms with Crippen molar-refractivity contribution < 1.29 is 9.59 Å². The highest BCUT2D eigenvalue weighted by Crippen LogP contribution is 2.25. The van der Waals surface area contributed by atoms with E-state index < -0.39 is 0 Å². The van der Waals surface area contributed by atoms with Crippen molar-refractivity contribution in [3.8, 4) is 11.4 Å². The Balaban J connectivity index is 1.24. The number of carbonyl (C=O) groups excluding carboxylic acids is 2. The van der Waals surface area contributed by atoms with Gasteiger partial charge >= 0.3 is 0 Å². The van der Waals surface area contributed by atoms with E-state index >= 15 is 0 Å². The van der Waals surface area contributed by atoms with Gasteiger partial charge in [-0.2, -0.15) is 0 Å². The first-order chi connectivity index (χ1) is 15.1. The van der Waals surface area contributed by atoms with Crippen molar-refractivity contribution in [1.29, 1.82) is 0 Å². The van der Waals surface area contributed by atoms with Gasteiger partial charge in [-0.25, -0.2) is 4.98 Å². The van der Waals surface area contributed by atoms with E-state index in [1.165, 1.54) is 30.3 Å². The molecule has 6 nitrogen and oxygen atoms in total. The van der Waals surface area contributed by atoms with E-state index in [1.54, 1.807) is 0 Å². The number of imidazole rings is 1. The van der Waals surface area contributed by atoms with Crippen LogP contribution in [0.3, 0.4) is 0 Å². The molecule has 0 bridgehead atoms. The van der Waals surface area contributed by atoms with Crippen LogP contribution in [-0.2, 0) is 22.6 Å². The Morgan fingerprint density at radius 3 is 2.19 bits per heavy atom. The van der Waals surface area contributed by atoms with Gasteiger partial charge in [0.15, 0.2) is 0 Å². The van der Waals surface area contributed by atoms with Crippen molar-refractivity contribution >= 4 is 35.0 Å². The lowest BCUT2D eigenvalue weighted by Gasteiger charge is -2.16. The van der Waals surface area contributed by atoms with Gasteiger partial charge < -0.3 is 15.2 Å². The molecule has 3 aromatic rings. The van der Waals surface area contributed by atoms with Crippen LogP contribution >= 0.6 is 11.8 Å². The normalized spacial score (nSPS) is 12.8. The van der Waals surface area contributed by atoms with Gasteiger partial charge in [0.05, 0.1) is 11.5 Å². The molecular weight excluding hydrogens is 408 g/mol. The van der Waals surface area contributed by atoms with Crippen LogP contribution in [0.25, 0.3) is 11.4 Å². The van der Waals surface area contributed by atoms with Crippen LogP contribution in [0.5, 0.6) is 0 Å². The van der Waals surface area contributed by atoms with Gasteiger partial charge in [-0.3, -0.25) is 9.59 Å². The fourth-order valence-corrected chi connectivity index (χ4v) is 4.25. The molecule has 4 rings (SSSR count). The van der Waals surface area contributed by atoms with Gasteiger partial charge in [-0.05, 0) is 62.6 Å². The number of rotatable bonds is 7. The summed E-state index contributed by atoms with van der Waals surface area (Å²) in [6, 6.07) is 15.4. The molecule has 1 aliphatic heterocycles. The number of aryl methyl sites for hydroxylation is 2. The molecule has 0 saturated heterocycles. The average Bonchev–Trinajstić information content (AvgIpc) is 3.20. The topological polar surface area (TPSA) is 76.0 Å². The Kier molecular flexibility index (Phi) is 6.72. The number of nitrogens with one attached hydrogen (secondary N) is 2. The zero-order chi connectivity index (χ0) is 21.6. The summed E-state index contributed by atoms with van der Waals surface area (Å²) in [4.78, 5) is 28.8. The summed E-state index contributed by atoms with van der Waals surface area (Å²) < 4.78 is 2.29. The SMILES string of the molecule is Cc1ccc(NC(=O)CSCC(=O)Nc2ccc(-c3ncc4n3CCCC4)cc2)cc1. The maximum Gasteiger partial charge on any atom is 0.234 e. The van der Waals surface area contributed by atoms with Gasteiger partial charge in [0.25, 0.3) is 0 Å². The number of amides is 2. The van der Waals surface area contributed by atoms with E-state index in [9.17, 15) is 9.59 Å². The summed E-state index contributed by atoms with van der Waals surface area (Å²) in [6.07, 6.45) is 5.46. The van der Waals surface area contributed by atoms with Gasteiger partial charge in [0.2, 0.25) is 11.8 Å². The largest absolute Gasteiger partial charge is 0.328 e. The molecule has 0 fully saturated rings. The van der Waals surface area contributed by atoms with Crippen LogP contribution in [0.2, 0.25) is 0 Å². The highest BCUT2D eigenvalue weighted by molar-refractivity contribution is 8.00. The summed E-state index contributed by atoms with van der Waals surface area (Å²) in [6.45, 7) is 3.01. The number of thioether (sulfide) groups is 1. The van der Waals surface area contributed by atoms with E-state index in [4.69, 9.17) is 0 Å². The number of benzene rings is 2. The number of hydrogen-bond acceptors (Lipinski definition) is 4. The minimum atomic E-state index is -0.126. The molecule has 0 radical (unpaired) electrons. The fraction of sp³-hybridized carbons (Fsp3) is 0.292. The molecule has 2 amide bonds. The molecule has 0 aliphatic carbocycles. The Labute approximate surface area is 186 Å². The predicted molar refractivity (Wildman–Crippen MR) is 126 cm³/mol. The van der Waals surface area contributed by atoms with Crippen molar-refractivity contribution in [3.05, 3.63) is 66.0 Å². The first-order valence-electron chi connectivity index (χ1n) is 10.5. The van der Waals surface area contributed by atoms with Gasteiger partial charge in [-0.15, -0.1) is 11.8 Å². The standard InChI is InChI=1S/C24H26N4O2S/c1-17-5-9-19(10-6-17)26-22(29)15-31-16-23(30)27-20-11-7-18(8-12-20)24-25-14-21-4-2-3-13-28(21)24/h5-12,14H,2-4,13,15-16H2,1H3,(H,26,29)(H,27,30). The molecule has 1 aromatic heterocycles. The lowest BCUT2D eigenvalue weighted by Crippen LogP contribution is -2.18. The Morgan fingerprint density at radius 1 is 0.935 bits per heavy atom. The molecular formula is C24H26N4O2S. The molecule has 7 heteroatoms. The summed E-state index contributed by atoms with van der Waals surface area (Å²) in [7, 11) is 0. The first-order valence-corrected chi connectivity index (χ1v) is 11.6. The quantitative estimate of drug-likeness (QED) is 0.574. The third-order valence-electron chi connectivity index (χ3n) is 5.23. The van der Waals surface area contributed by atoms with Gasteiger partial charge in [0.1, 0.15) is 5.82 Å². The number of carbonyl (C=O) groups is 2. The van der Waals surface area contributed by atoms with Crippen molar-refractivity contribution in [3.63, 3.8) is 0 Å². The third-order valence-corrected chi connectivity index (χ3v) is 6.16. The van der Waals surface area contributed by atoms with Crippen molar-refractivity contribution in [2.45, 2.75) is 32.7 Å². The molecule has 1 aliphatic rings. The minimum Gasteiger partial charge on any atom is -0.328 e. The molecule has 0 saturated carbocycles. The Hall–Kier alpha value is -3.06. The second kappa shape index (κ2) is 9.83.